The van der Waals surface area contributed by atoms with Gasteiger partial charge in [0.1, 0.15) is 11.5 Å². The van der Waals surface area contributed by atoms with Crippen LogP contribution in [-0.4, -0.2) is 24.4 Å². The fraction of sp³-hybridized carbons (Fsp3) is 0.478. The molecule has 0 saturated heterocycles. The van der Waals surface area contributed by atoms with Gasteiger partial charge in [-0.05, 0) is 47.2 Å². The highest BCUT2D eigenvalue weighted by atomic mass is 16.5. The molecule has 0 atom stereocenters. The second kappa shape index (κ2) is 8.77. The van der Waals surface area contributed by atoms with Gasteiger partial charge < -0.3 is 19.7 Å². The molecule has 2 rings (SSSR count). The fourth-order valence-electron chi connectivity index (χ4n) is 3.48. The second-order valence-electron chi connectivity index (χ2n) is 7.48. The summed E-state index contributed by atoms with van der Waals surface area (Å²) in [4.78, 5) is 0. The number of methoxy groups -OCH3 is 2. The van der Waals surface area contributed by atoms with Gasteiger partial charge in [-0.15, -0.1) is 0 Å². The molecule has 148 valence electrons. The van der Waals surface area contributed by atoms with E-state index in [1.165, 1.54) is 0 Å². The number of aryl methyl sites for hydroxylation is 2. The van der Waals surface area contributed by atoms with E-state index in [2.05, 4.69) is 26.0 Å². The van der Waals surface area contributed by atoms with E-state index in [4.69, 9.17) is 9.47 Å². The first-order valence-corrected chi connectivity index (χ1v) is 9.48. The van der Waals surface area contributed by atoms with Crippen LogP contribution < -0.4 is 0 Å². The highest BCUT2D eigenvalue weighted by Crippen LogP contribution is 2.39. The Morgan fingerprint density at radius 3 is 1.33 bits per heavy atom. The molecule has 0 aliphatic carbocycles. The van der Waals surface area contributed by atoms with Gasteiger partial charge in [-0.2, -0.15) is 0 Å². The monoisotopic (exact) mass is 372 g/mol. The molecule has 0 heterocycles. The largest absolute Gasteiger partial charge is 0.507 e. The molecular formula is C23H32O4. The van der Waals surface area contributed by atoms with Crippen LogP contribution in [0.5, 0.6) is 11.5 Å². The Balaban J connectivity index is 2.64. The van der Waals surface area contributed by atoms with Crippen molar-refractivity contribution in [1.82, 2.24) is 0 Å². The van der Waals surface area contributed by atoms with Crippen molar-refractivity contribution in [3.05, 3.63) is 57.6 Å². The third-order valence-corrected chi connectivity index (χ3v) is 5.34. The van der Waals surface area contributed by atoms with E-state index in [1.807, 2.05) is 26.0 Å². The Hall–Kier alpha value is -2.04. The second-order valence-corrected chi connectivity index (χ2v) is 7.48. The van der Waals surface area contributed by atoms with Crippen molar-refractivity contribution in [2.45, 2.75) is 59.2 Å². The zero-order valence-corrected chi connectivity index (χ0v) is 17.3. The molecule has 2 N–H and O–H groups in total. The van der Waals surface area contributed by atoms with Crippen LogP contribution in [0.2, 0.25) is 0 Å². The van der Waals surface area contributed by atoms with Crippen molar-refractivity contribution in [3.8, 4) is 11.5 Å². The first-order valence-electron chi connectivity index (χ1n) is 9.48. The standard InChI is InChI=1S/C23H32O4/c1-7-15-9-19(11-17(13-26-5)21(15)24)23(3,4)20-10-16(8-2)22(25)18(12-20)14-27-6/h9-12,24-25H,7-8,13-14H2,1-6H3. The Morgan fingerprint density at radius 2 is 1.04 bits per heavy atom. The van der Waals surface area contributed by atoms with Gasteiger partial charge in [0.2, 0.25) is 0 Å². The molecule has 0 aliphatic rings. The van der Waals surface area contributed by atoms with Gasteiger partial charge in [-0.3, -0.25) is 0 Å². The summed E-state index contributed by atoms with van der Waals surface area (Å²) >= 11 is 0. The average Bonchev–Trinajstić information content (AvgIpc) is 2.65. The number of ether oxygens (including phenoxy) is 2. The van der Waals surface area contributed by atoms with Crippen LogP contribution in [0.1, 0.15) is 61.1 Å². The minimum atomic E-state index is -0.305. The lowest BCUT2D eigenvalue weighted by atomic mass is 9.75. The van der Waals surface area contributed by atoms with E-state index in [9.17, 15) is 10.2 Å². The first kappa shape index (κ1) is 21.3. The molecule has 0 bridgehead atoms. The van der Waals surface area contributed by atoms with Gasteiger partial charge in [0.05, 0.1) is 13.2 Å². The molecule has 4 nitrogen and oxygen atoms in total. The smallest absolute Gasteiger partial charge is 0.124 e. The summed E-state index contributed by atoms with van der Waals surface area (Å²) in [6.07, 6.45) is 1.49. The number of rotatable bonds is 8. The predicted molar refractivity (Wildman–Crippen MR) is 109 cm³/mol. The Morgan fingerprint density at radius 1 is 0.704 bits per heavy atom. The Labute approximate surface area is 162 Å². The molecule has 0 unspecified atom stereocenters. The van der Waals surface area contributed by atoms with Crippen molar-refractivity contribution >= 4 is 0 Å². The first-order chi connectivity index (χ1) is 12.8. The van der Waals surface area contributed by atoms with Gasteiger partial charge in [0.15, 0.2) is 0 Å². The Bertz CT molecular complexity index is 728. The van der Waals surface area contributed by atoms with Gasteiger partial charge in [-0.1, -0.05) is 39.8 Å². The lowest BCUT2D eigenvalue weighted by Crippen LogP contribution is -2.20. The number of phenols is 2. The van der Waals surface area contributed by atoms with Crippen LogP contribution in [-0.2, 0) is 40.9 Å². The van der Waals surface area contributed by atoms with E-state index in [0.717, 1.165) is 46.2 Å². The molecular weight excluding hydrogens is 340 g/mol. The molecule has 0 spiro atoms. The number of hydrogen-bond donors (Lipinski definition) is 2. The van der Waals surface area contributed by atoms with Crippen molar-refractivity contribution in [3.63, 3.8) is 0 Å². The molecule has 0 aromatic heterocycles. The molecule has 0 saturated carbocycles. The zero-order chi connectivity index (χ0) is 20.2. The number of aromatic hydroxyl groups is 2. The highest BCUT2D eigenvalue weighted by molar-refractivity contribution is 5.52. The molecule has 0 radical (unpaired) electrons. The quantitative estimate of drug-likeness (QED) is 0.696. The minimum absolute atomic E-state index is 0.305. The van der Waals surface area contributed by atoms with Crippen molar-refractivity contribution in [2.24, 2.45) is 0 Å². The van der Waals surface area contributed by atoms with E-state index in [0.29, 0.717) is 24.7 Å². The zero-order valence-electron chi connectivity index (χ0n) is 17.3. The SMILES string of the molecule is CCc1cc(C(C)(C)c2cc(CC)c(O)c(COC)c2)cc(COC)c1O. The topological polar surface area (TPSA) is 58.9 Å². The van der Waals surface area contributed by atoms with Crippen molar-refractivity contribution in [2.75, 3.05) is 14.2 Å². The summed E-state index contributed by atoms with van der Waals surface area (Å²) in [5.41, 5.74) is 5.34. The normalized spacial score (nSPS) is 11.8. The van der Waals surface area contributed by atoms with Gasteiger partial charge in [0.25, 0.3) is 0 Å². The number of benzene rings is 2. The summed E-state index contributed by atoms with van der Waals surface area (Å²) in [7, 11) is 3.26. The lowest BCUT2D eigenvalue weighted by Gasteiger charge is -2.29. The maximum absolute atomic E-state index is 10.5. The molecule has 2 aromatic carbocycles. The molecule has 0 amide bonds. The van der Waals surface area contributed by atoms with E-state index < -0.39 is 0 Å². The molecule has 0 aliphatic heterocycles. The van der Waals surface area contributed by atoms with Gasteiger partial charge in [0, 0.05) is 30.8 Å². The third kappa shape index (κ3) is 4.28. The van der Waals surface area contributed by atoms with Gasteiger partial charge >= 0.3 is 0 Å². The summed E-state index contributed by atoms with van der Waals surface area (Å²) in [5, 5.41) is 21.0. The molecule has 0 fully saturated rings. The molecule has 27 heavy (non-hydrogen) atoms. The van der Waals surface area contributed by atoms with E-state index in [1.54, 1.807) is 14.2 Å². The molecule has 2 aromatic rings. The summed E-state index contributed by atoms with van der Waals surface area (Å²) in [6, 6.07) is 8.19. The maximum Gasteiger partial charge on any atom is 0.124 e. The maximum atomic E-state index is 10.5. The van der Waals surface area contributed by atoms with Crippen LogP contribution in [0.15, 0.2) is 24.3 Å². The molecule has 4 heteroatoms. The summed E-state index contributed by atoms with van der Waals surface area (Å²) < 4.78 is 10.6. The average molecular weight is 373 g/mol. The van der Waals surface area contributed by atoms with Gasteiger partial charge in [-0.25, -0.2) is 0 Å². The van der Waals surface area contributed by atoms with Crippen LogP contribution in [0.3, 0.4) is 0 Å². The van der Waals surface area contributed by atoms with E-state index >= 15 is 0 Å². The minimum Gasteiger partial charge on any atom is -0.507 e. The summed E-state index contributed by atoms with van der Waals surface area (Å²) in [6.45, 7) is 9.14. The Kier molecular flexibility index (Phi) is 6.90. The van der Waals surface area contributed by atoms with Crippen LogP contribution in [0.4, 0.5) is 0 Å². The van der Waals surface area contributed by atoms with E-state index in [-0.39, 0.29) is 5.41 Å². The number of phenolic OH excluding ortho intramolecular Hbond substituents is 2. The third-order valence-electron chi connectivity index (χ3n) is 5.34. The fourth-order valence-corrected chi connectivity index (χ4v) is 3.48. The lowest BCUT2D eigenvalue weighted by molar-refractivity contribution is 0.181. The van der Waals surface area contributed by atoms with Crippen molar-refractivity contribution in [1.29, 1.82) is 0 Å². The highest BCUT2D eigenvalue weighted by Gasteiger charge is 2.27. The van der Waals surface area contributed by atoms with Crippen molar-refractivity contribution < 1.29 is 19.7 Å². The van der Waals surface area contributed by atoms with Crippen LogP contribution in [0, 0.1) is 0 Å². The van der Waals surface area contributed by atoms with Crippen LogP contribution in [0.25, 0.3) is 0 Å². The van der Waals surface area contributed by atoms with Crippen LogP contribution >= 0.6 is 0 Å². The summed E-state index contributed by atoms with van der Waals surface area (Å²) in [5.74, 6) is 0.637. The number of hydrogen-bond acceptors (Lipinski definition) is 4. The predicted octanol–water partition coefficient (Wildman–Crippen LogP) is 4.84.